The topological polar surface area (TPSA) is 75.6 Å². The van der Waals surface area contributed by atoms with Gasteiger partial charge in [0, 0.05) is 25.4 Å². The van der Waals surface area contributed by atoms with E-state index in [0.29, 0.717) is 17.4 Å². The van der Waals surface area contributed by atoms with Gasteiger partial charge in [-0.15, -0.1) is 0 Å². The molecule has 2 atom stereocenters. The highest BCUT2D eigenvalue weighted by Crippen LogP contribution is 2.36. The normalized spacial score (nSPS) is 26.3. The van der Waals surface area contributed by atoms with Crippen molar-refractivity contribution in [3.8, 4) is 0 Å². The van der Waals surface area contributed by atoms with Crippen molar-refractivity contribution in [3.05, 3.63) is 21.9 Å². The van der Waals surface area contributed by atoms with E-state index in [4.69, 9.17) is 4.98 Å². The Kier molecular flexibility index (Phi) is 3.29. The fourth-order valence-electron chi connectivity index (χ4n) is 4.05. The highest BCUT2D eigenvalue weighted by Gasteiger charge is 2.30. The third-order valence-electron chi connectivity index (χ3n) is 5.35. The van der Waals surface area contributed by atoms with Gasteiger partial charge in [0.15, 0.2) is 5.52 Å². The number of aromatic nitrogens is 4. The maximum Gasteiger partial charge on any atom is 0.277 e. The zero-order valence-corrected chi connectivity index (χ0v) is 13.2. The monoisotopic (exact) mass is 301 g/mol. The molecular formula is C16H23N5O. The van der Waals surface area contributed by atoms with Crippen molar-refractivity contribution in [1.82, 2.24) is 25.1 Å². The zero-order chi connectivity index (χ0) is 15.3. The van der Waals surface area contributed by atoms with Crippen LogP contribution in [0.5, 0.6) is 0 Å². The highest BCUT2D eigenvalue weighted by molar-refractivity contribution is 5.77. The molecule has 2 N–H and O–H groups in total. The quantitative estimate of drug-likeness (QED) is 0.884. The minimum Gasteiger partial charge on any atom is -0.316 e. The number of nitrogens with one attached hydrogen (secondary N) is 2. The molecule has 2 aromatic rings. The SMILES string of the molecule is C[C@H]1CNC[C@H]1c1nc2c(C3CCCC3)nn(C)c2c(=O)[nH]1. The average molecular weight is 301 g/mol. The molecule has 6 heteroatoms. The Morgan fingerprint density at radius 3 is 2.68 bits per heavy atom. The fraction of sp³-hybridized carbons (Fsp3) is 0.688. The molecule has 2 aromatic heterocycles. The first kappa shape index (κ1) is 13.9. The van der Waals surface area contributed by atoms with E-state index in [1.807, 2.05) is 7.05 Å². The molecule has 0 bridgehead atoms. The molecule has 1 aliphatic carbocycles. The molecule has 6 nitrogen and oxygen atoms in total. The molecule has 1 saturated carbocycles. The van der Waals surface area contributed by atoms with E-state index in [9.17, 15) is 4.79 Å². The van der Waals surface area contributed by atoms with Gasteiger partial charge in [0.25, 0.3) is 5.56 Å². The first-order chi connectivity index (χ1) is 10.6. The van der Waals surface area contributed by atoms with Gasteiger partial charge in [0.1, 0.15) is 11.3 Å². The number of H-pyrrole nitrogens is 1. The van der Waals surface area contributed by atoms with Crippen molar-refractivity contribution in [1.29, 1.82) is 0 Å². The van der Waals surface area contributed by atoms with Gasteiger partial charge in [-0.3, -0.25) is 9.48 Å². The number of rotatable bonds is 2. The second-order valence-corrected chi connectivity index (χ2v) is 6.88. The van der Waals surface area contributed by atoms with Crippen LogP contribution in [0, 0.1) is 5.92 Å². The van der Waals surface area contributed by atoms with Crippen LogP contribution in [0.4, 0.5) is 0 Å². The van der Waals surface area contributed by atoms with E-state index in [1.165, 1.54) is 12.8 Å². The number of aryl methyl sites for hydroxylation is 1. The summed E-state index contributed by atoms with van der Waals surface area (Å²) in [5.74, 6) is 2.06. The van der Waals surface area contributed by atoms with Gasteiger partial charge in [-0.1, -0.05) is 19.8 Å². The van der Waals surface area contributed by atoms with Gasteiger partial charge in [0.05, 0.1) is 5.69 Å². The second-order valence-electron chi connectivity index (χ2n) is 6.88. The van der Waals surface area contributed by atoms with Crippen molar-refractivity contribution in [2.24, 2.45) is 13.0 Å². The molecule has 118 valence electrons. The Bertz CT molecular complexity index is 756. The summed E-state index contributed by atoms with van der Waals surface area (Å²) in [7, 11) is 1.84. The Balaban J connectivity index is 1.87. The molecule has 22 heavy (non-hydrogen) atoms. The molecule has 0 aromatic carbocycles. The molecule has 2 fully saturated rings. The van der Waals surface area contributed by atoms with Gasteiger partial charge < -0.3 is 10.3 Å². The summed E-state index contributed by atoms with van der Waals surface area (Å²) in [5, 5.41) is 8.02. The minimum absolute atomic E-state index is 0.0571. The fourth-order valence-corrected chi connectivity index (χ4v) is 4.05. The third kappa shape index (κ3) is 2.08. The number of hydrogen-bond donors (Lipinski definition) is 2. The largest absolute Gasteiger partial charge is 0.316 e. The molecule has 0 radical (unpaired) electrons. The van der Waals surface area contributed by atoms with Crippen LogP contribution in [-0.2, 0) is 7.05 Å². The summed E-state index contributed by atoms with van der Waals surface area (Å²) in [6, 6.07) is 0. The summed E-state index contributed by atoms with van der Waals surface area (Å²) < 4.78 is 1.70. The minimum atomic E-state index is -0.0571. The zero-order valence-electron chi connectivity index (χ0n) is 13.2. The van der Waals surface area contributed by atoms with Crippen LogP contribution in [0.25, 0.3) is 11.0 Å². The van der Waals surface area contributed by atoms with Crippen LogP contribution in [0.1, 0.15) is 56.0 Å². The number of hydrogen-bond acceptors (Lipinski definition) is 4. The Labute approximate surface area is 129 Å². The summed E-state index contributed by atoms with van der Waals surface area (Å²) in [6.45, 7) is 4.07. The molecule has 2 aliphatic rings. The second kappa shape index (κ2) is 5.19. The van der Waals surface area contributed by atoms with Gasteiger partial charge in [0.2, 0.25) is 0 Å². The molecule has 0 spiro atoms. The van der Waals surface area contributed by atoms with Gasteiger partial charge in [-0.2, -0.15) is 5.10 Å². The smallest absolute Gasteiger partial charge is 0.277 e. The molecule has 1 saturated heterocycles. The van der Waals surface area contributed by atoms with Crippen LogP contribution >= 0.6 is 0 Å². The van der Waals surface area contributed by atoms with Crippen LogP contribution in [0.3, 0.4) is 0 Å². The van der Waals surface area contributed by atoms with Crippen molar-refractivity contribution in [3.63, 3.8) is 0 Å². The predicted octanol–water partition coefficient (Wildman–Crippen LogP) is 1.64. The van der Waals surface area contributed by atoms with Crippen molar-refractivity contribution in [2.75, 3.05) is 13.1 Å². The molecule has 0 unspecified atom stereocenters. The first-order valence-corrected chi connectivity index (χ1v) is 8.32. The maximum atomic E-state index is 12.5. The third-order valence-corrected chi connectivity index (χ3v) is 5.35. The van der Waals surface area contributed by atoms with E-state index < -0.39 is 0 Å². The van der Waals surface area contributed by atoms with E-state index in [1.54, 1.807) is 4.68 Å². The van der Waals surface area contributed by atoms with Crippen molar-refractivity contribution in [2.45, 2.75) is 44.4 Å². The summed E-state index contributed by atoms with van der Waals surface area (Å²) in [4.78, 5) is 20.4. The van der Waals surface area contributed by atoms with Gasteiger partial charge >= 0.3 is 0 Å². The van der Waals surface area contributed by atoms with Crippen molar-refractivity contribution < 1.29 is 0 Å². The van der Waals surface area contributed by atoms with E-state index >= 15 is 0 Å². The van der Waals surface area contributed by atoms with Crippen molar-refractivity contribution >= 4 is 11.0 Å². The predicted molar refractivity (Wildman–Crippen MR) is 85.1 cm³/mol. The Morgan fingerprint density at radius 1 is 1.23 bits per heavy atom. The summed E-state index contributed by atoms with van der Waals surface area (Å²) in [6.07, 6.45) is 4.83. The molecule has 3 heterocycles. The molecule has 4 rings (SSSR count). The van der Waals surface area contributed by atoms with E-state index in [-0.39, 0.29) is 11.5 Å². The summed E-state index contributed by atoms with van der Waals surface area (Å²) in [5.41, 5.74) is 2.41. The van der Waals surface area contributed by atoms with E-state index in [2.05, 4.69) is 22.3 Å². The average Bonchev–Trinajstić information content (AvgIpc) is 3.18. The van der Waals surface area contributed by atoms with Crippen LogP contribution in [0.2, 0.25) is 0 Å². The Hall–Kier alpha value is -1.69. The molecule has 1 aliphatic heterocycles. The van der Waals surface area contributed by atoms with Gasteiger partial charge in [-0.25, -0.2) is 4.98 Å². The molecule has 0 amide bonds. The van der Waals surface area contributed by atoms with Gasteiger partial charge in [-0.05, 0) is 25.3 Å². The number of aromatic amines is 1. The van der Waals surface area contributed by atoms with Crippen LogP contribution in [0.15, 0.2) is 4.79 Å². The van der Waals surface area contributed by atoms with E-state index in [0.717, 1.165) is 43.0 Å². The highest BCUT2D eigenvalue weighted by atomic mass is 16.1. The first-order valence-electron chi connectivity index (χ1n) is 8.32. The molecular weight excluding hydrogens is 278 g/mol. The lowest BCUT2D eigenvalue weighted by molar-refractivity contribution is 0.546. The Morgan fingerprint density at radius 2 is 2.00 bits per heavy atom. The maximum absolute atomic E-state index is 12.5. The standard InChI is InChI=1S/C16H23N5O/c1-9-7-17-8-11(9)15-18-13-12(10-5-3-4-6-10)20-21(2)14(13)16(22)19-15/h9-11,17H,3-8H2,1-2H3,(H,18,19,22)/t9-,11+/m0/s1. The van der Waals surface area contributed by atoms with Crippen LogP contribution < -0.4 is 10.9 Å². The number of nitrogens with zero attached hydrogens (tertiary/aromatic N) is 3. The van der Waals surface area contributed by atoms with Crippen LogP contribution in [-0.4, -0.2) is 32.8 Å². The lowest BCUT2D eigenvalue weighted by atomic mass is 9.97. The summed E-state index contributed by atoms with van der Waals surface area (Å²) >= 11 is 0. The lowest BCUT2D eigenvalue weighted by Gasteiger charge is -2.13. The number of fused-ring (bicyclic) bond motifs is 1. The lowest BCUT2D eigenvalue weighted by Crippen LogP contribution is -2.19.